The standard InChI is InChI=1S/C17H13FN4OS2/c1-7-5-8(2)20-16-12(7)13(19)14(25-16)15(23)22-17-21-10-4-3-9(18)6-11(10)24-17/h3-6H,19H2,1-2H3,(H,21,22,23). The Hall–Kier alpha value is -2.58. The number of thiazole rings is 1. The molecule has 5 nitrogen and oxygen atoms in total. The van der Waals surface area contributed by atoms with Crippen LogP contribution < -0.4 is 11.1 Å². The van der Waals surface area contributed by atoms with Gasteiger partial charge >= 0.3 is 0 Å². The zero-order chi connectivity index (χ0) is 17.7. The molecule has 0 aliphatic carbocycles. The van der Waals surface area contributed by atoms with E-state index in [1.807, 2.05) is 19.9 Å². The van der Waals surface area contributed by atoms with Crippen LogP contribution in [0.1, 0.15) is 20.9 Å². The van der Waals surface area contributed by atoms with Crippen molar-refractivity contribution >= 4 is 59.8 Å². The van der Waals surface area contributed by atoms with E-state index in [0.29, 0.717) is 25.9 Å². The highest BCUT2D eigenvalue weighted by atomic mass is 32.1. The van der Waals surface area contributed by atoms with Gasteiger partial charge < -0.3 is 5.73 Å². The van der Waals surface area contributed by atoms with E-state index in [4.69, 9.17) is 5.73 Å². The van der Waals surface area contributed by atoms with Gasteiger partial charge in [0.15, 0.2) is 5.13 Å². The predicted octanol–water partition coefficient (Wildman–Crippen LogP) is 4.50. The molecular formula is C17H13FN4OS2. The van der Waals surface area contributed by atoms with Crippen LogP contribution in [0.4, 0.5) is 15.2 Å². The second-order valence-corrected chi connectivity index (χ2v) is 7.72. The number of fused-ring (bicyclic) bond motifs is 2. The van der Waals surface area contributed by atoms with Gasteiger partial charge in [-0.1, -0.05) is 11.3 Å². The number of benzene rings is 1. The third-order valence-electron chi connectivity index (χ3n) is 3.80. The summed E-state index contributed by atoms with van der Waals surface area (Å²) >= 11 is 2.48. The topological polar surface area (TPSA) is 80.9 Å². The number of carbonyl (C=O) groups excluding carboxylic acids is 1. The van der Waals surface area contributed by atoms with Gasteiger partial charge in [0.05, 0.1) is 15.9 Å². The van der Waals surface area contributed by atoms with Crippen LogP contribution >= 0.6 is 22.7 Å². The summed E-state index contributed by atoms with van der Waals surface area (Å²) < 4.78 is 14.0. The minimum Gasteiger partial charge on any atom is -0.397 e. The van der Waals surface area contributed by atoms with Crippen molar-refractivity contribution in [2.75, 3.05) is 11.1 Å². The molecule has 1 amide bonds. The van der Waals surface area contributed by atoms with Crippen molar-refractivity contribution in [2.45, 2.75) is 13.8 Å². The molecule has 8 heteroatoms. The Morgan fingerprint density at radius 3 is 2.80 bits per heavy atom. The first-order valence-corrected chi connectivity index (χ1v) is 9.09. The Labute approximate surface area is 150 Å². The first-order valence-electron chi connectivity index (χ1n) is 7.46. The highest BCUT2D eigenvalue weighted by Crippen LogP contribution is 2.36. The van der Waals surface area contributed by atoms with Crippen LogP contribution in [0.2, 0.25) is 0 Å². The number of thiophene rings is 1. The SMILES string of the molecule is Cc1cc(C)c2c(N)c(C(=O)Nc3nc4ccc(F)cc4s3)sc2n1. The number of hydrogen-bond acceptors (Lipinski definition) is 6. The number of nitrogens with one attached hydrogen (secondary N) is 1. The van der Waals surface area contributed by atoms with E-state index < -0.39 is 0 Å². The lowest BCUT2D eigenvalue weighted by molar-refractivity contribution is 0.103. The smallest absolute Gasteiger partial charge is 0.269 e. The summed E-state index contributed by atoms with van der Waals surface area (Å²) in [7, 11) is 0. The summed E-state index contributed by atoms with van der Waals surface area (Å²) in [5.41, 5.74) is 9.12. The van der Waals surface area contributed by atoms with Crippen molar-refractivity contribution in [3.8, 4) is 0 Å². The van der Waals surface area contributed by atoms with E-state index in [1.165, 1.54) is 34.8 Å². The minimum absolute atomic E-state index is 0.334. The molecule has 4 rings (SSSR count). The van der Waals surface area contributed by atoms with Crippen molar-refractivity contribution in [3.63, 3.8) is 0 Å². The predicted molar refractivity (Wildman–Crippen MR) is 101 cm³/mol. The number of hydrogen-bond donors (Lipinski definition) is 2. The number of aryl methyl sites for hydroxylation is 2. The molecule has 3 N–H and O–H groups in total. The van der Waals surface area contributed by atoms with Crippen LogP contribution in [-0.4, -0.2) is 15.9 Å². The van der Waals surface area contributed by atoms with E-state index >= 15 is 0 Å². The minimum atomic E-state index is -0.336. The van der Waals surface area contributed by atoms with Gasteiger partial charge in [-0.05, 0) is 43.7 Å². The number of pyridine rings is 1. The Kier molecular flexibility index (Phi) is 3.66. The lowest BCUT2D eigenvalue weighted by Gasteiger charge is -2.01. The largest absolute Gasteiger partial charge is 0.397 e. The number of nitrogen functional groups attached to an aromatic ring is 1. The van der Waals surface area contributed by atoms with Gasteiger partial charge in [0.25, 0.3) is 5.91 Å². The fourth-order valence-corrected chi connectivity index (χ4v) is 4.74. The molecule has 4 aromatic rings. The van der Waals surface area contributed by atoms with Crippen molar-refractivity contribution in [1.29, 1.82) is 0 Å². The van der Waals surface area contributed by atoms with Gasteiger partial charge in [-0.2, -0.15) is 0 Å². The lowest BCUT2D eigenvalue weighted by Crippen LogP contribution is -2.11. The van der Waals surface area contributed by atoms with E-state index in [0.717, 1.165) is 21.5 Å². The fraction of sp³-hybridized carbons (Fsp3) is 0.118. The van der Waals surface area contributed by atoms with E-state index in [2.05, 4.69) is 15.3 Å². The molecule has 126 valence electrons. The van der Waals surface area contributed by atoms with Crippen molar-refractivity contribution in [3.05, 3.63) is 46.2 Å². The number of amides is 1. The van der Waals surface area contributed by atoms with Crippen molar-refractivity contribution < 1.29 is 9.18 Å². The van der Waals surface area contributed by atoms with Crippen molar-refractivity contribution in [1.82, 2.24) is 9.97 Å². The second-order valence-electron chi connectivity index (χ2n) is 5.69. The quantitative estimate of drug-likeness (QED) is 0.543. The summed E-state index contributed by atoms with van der Waals surface area (Å²) in [6.45, 7) is 3.85. The molecule has 0 aliphatic heterocycles. The molecular weight excluding hydrogens is 359 g/mol. The summed E-state index contributed by atoms with van der Waals surface area (Å²) in [5.74, 6) is -0.670. The Bertz CT molecular complexity index is 1150. The number of anilines is 2. The summed E-state index contributed by atoms with van der Waals surface area (Å²) in [6.07, 6.45) is 0. The molecule has 3 heterocycles. The molecule has 0 bridgehead atoms. The normalized spacial score (nSPS) is 11.3. The number of halogens is 1. The zero-order valence-corrected chi connectivity index (χ0v) is 15.0. The summed E-state index contributed by atoms with van der Waals surface area (Å²) in [6, 6.07) is 6.26. The van der Waals surface area contributed by atoms with Gasteiger partial charge in [0.2, 0.25) is 0 Å². The van der Waals surface area contributed by atoms with Crippen LogP contribution in [0.25, 0.3) is 20.4 Å². The average molecular weight is 372 g/mol. The summed E-state index contributed by atoms with van der Waals surface area (Å²) in [4.78, 5) is 22.5. The molecule has 25 heavy (non-hydrogen) atoms. The summed E-state index contributed by atoms with van der Waals surface area (Å²) in [5, 5.41) is 3.97. The third-order valence-corrected chi connectivity index (χ3v) is 5.83. The van der Waals surface area contributed by atoms with E-state index in [-0.39, 0.29) is 11.7 Å². The maximum absolute atomic E-state index is 13.3. The second kappa shape index (κ2) is 5.75. The van der Waals surface area contributed by atoms with Crippen LogP contribution in [0.3, 0.4) is 0 Å². The number of rotatable bonds is 2. The van der Waals surface area contributed by atoms with Gasteiger partial charge in [-0.25, -0.2) is 14.4 Å². The molecule has 1 aromatic carbocycles. The molecule has 0 unspecified atom stereocenters. The Morgan fingerprint density at radius 2 is 2.00 bits per heavy atom. The average Bonchev–Trinajstić information content (AvgIpc) is 3.07. The third kappa shape index (κ3) is 2.73. The van der Waals surface area contributed by atoms with E-state index in [1.54, 1.807) is 6.07 Å². The monoisotopic (exact) mass is 372 g/mol. The molecule has 0 atom stereocenters. The molecule has 0 spiro atoms. The molecule has 0 saturated heterocycles. The zero-order valence-electron chi connectivity index (χ0n) is 13.4. The van der Waals surface area contributed by atoms with Gasteiger partial charge in [-0.15, -0.1) is 11.3 Å². The number of nitrogens with zero attached hydrogens (tertiary/aromatic N) is 2. The number of aromatic nitrogens is 2. The van der Waals surface area contributed by atoms with Gasteiger partial charge in [0, 0.05) is 11.1 Å². The van der Waals surface area contributed by atoms with Gasteiger partial charge in [-0.3, -0.25) is 10.1 Å². The van der Waals surface area contributed by atoms with Crippen LogP contribution in [-0.2, 0) is 0 Å². The maximum atomic E-state index is 13.3. The van der Waals surface area contributed by atoms with Crippen LogP contribution in [0.15, 0.2) is 24.3 Å². The Balaban J connectivity index is 1.71. The first-order chi connectivity index (χ1) is 11.9. The van der Waals surface area contributed by atoms with Crippen molar-refractivity contribution in [2.24, 2.45) is 0 Å². The first kappa shape index (κ1) is 15.9. The number of carbonyl (C=O) groups is 1. The maximum Gasteiger partial charge on any atom is 0.269 e. The highest BCUT2D eigenvalue weighted by Gasteiger charge is 2.20. The number of nitrogens with two attached hydrogens (primary N) is 1. The fourth-order valence-electron chi connectivity index (χ4n) is 2.74. The van der Waals surface area contributed by atoms with Gasteiger partial charge in [0.1, 0.15) is 15.5 Å². The molecule has 0 fully saturated rings. The highest BCUT2D eigenvalue weighted by molar-refractivity contribution is 7.23. The molecule has 0 saturated carbocycles. The molecule has 3 aromatic heterocycles. The lowest BCUT2D eigenvalue weighted by atomic mass is 10.1. The van der Waals surface area contributed by atoms with Crippen LogP contribution in [0.5, 0.6) is 0 Å². The molecule has 0 radical (unpaired) electrons. The van der Waals surface area contributed by atoms with Crippen LogP contribution in [0, 0.1) is 19.7 Å². The molecule has 0 aliphatic rings. The van der Waals surface area contributed by atoms with E-state index in [9.17, 15) is 9.18 Å². The Morgan fingerprint density at radius 1 is 1.20 bits per heavy atom.